The Hall–Kier alpha value is -2.40. The number of hydrogen-bond acceptors (Lipinski definition) is 4. The molecule has 2 aromatic carbocycles. The predicted molar refractivity (Wildman–Crippen MR) is 96.7 cm³/mol. The van der Waals surface area contributed by atoms with Crippen molar-refractivity contribution in [2.75, 3.05) is 11.9 Å². The summed E-state index contributed by atoms with van der Waals surface area (Å²) >= 11 is 1.48. The van der Waals surface area contributed by atoms with Crippen LogP contribution in [0.1, 0.15) is 24.8 Å². The third-order valence-electron chi connectivity index (χ3n) is 4.26. The maximum Gasteiger partial charge on any atom is 0.229 e. The highest BCUT2D eigenvalue weighted by Crippen LogP contribution is 2.48. The third kappa shape index (κ3) is 2.99. The zero-order chi connectivity index (χ0) is 16.5. The SMILES string of the molecule is CCOc1ccc2nc(NC(=O)[C@H]3C[C@@H]3c3ccccc3)sc2c1. The van der Waals surface area contributed by atoms with Gasteiger partial charge in [0.15, 0.2) is 5.13 Å². The number of rotatable bonds is 5. The minimum Gasteiger partial charge on any atom is -0.494 e. The molecule has 2 atom stereocenters. The molecule has 1 N–H and O–H groups in total. The van der Waals surface area contributed by atoms with Crippen LogP contribution in [-0.2, 0) is 4.79 Å². The third-order valence-corrected chi connectivity index (χ3v) is 5.19. The zero-order valence-corrected chi connectivity index (χ0v) is 14.2. The van der Waals surface area contributed by atoms with Crippen molar-refractivity contribution in [1.29, 1.82) is 0 Å². The van der Waals surface area contributed by atoms with Crippen LogP contribution in [-0.4, -0.2) is 17.5 Å². The maximum atomic E-state index is 12.4. The molecule has 0 radical (unpaired) electrons. The van der Waals surface area contributed by atoms with Crippen LogP contribution < -0.4 is 10.1 Å². The highest BCUT2D eigenvalue weighted by molar-refractivity contribution is 7.22. The van der Waals surface area contributed by atoms with Crippen LogP contribution in [0.5, 0.6) is 5.75 Å². The topological polar surface area (TPSA) is 51.2 Å². The number of anilines is 1. The molecule has 4 rings (SSSR count). The second-order valence-electron chi connectivity index (χ2n) is 5.93. The van der Waals surface area contributed by atoms with Gasteiger partial charge in [-0.05, 0) is 43.0 Å². The van der Waals surface area contributed by atoms with Gasteiger partial charge in [0.2, 0.25) is 5.91 Å². The summed E-state index contributed by atoms with van der Waals surface area (Å²) in [7, 11) is 0. The van der Waals surface area contributed by atoms with E-state index in [9.17, 15) is 4.79 Å². The monoisotopic (exact) mass is 338 g/mol. The van der Waals surface area contributed by atoms with Gasteiger partial charge in [-0.15, -0.1) is 0 Å². The Kier molecular flexibility index (Phi) is 3.94. The predicted octanol–water partition coefficient (Wildman–Crippen LogP) is 4.44. The smallest absolute Gasteiger partial charge is 0.229 e. The number of nitrogens with one attached hydrogen (secondary N) is 1. The molecule has 0 aliphatic heterocycles. The molecule has 5 heteroatoms. The molecule has 1 saturated carbocycles. The lowest BCUT2D eigenvalue weighted by molar-refractivity contribution is -0.117. The summed E-state index contributed by atoms with van der Waals surface area (Å²) in [6.07, 6.45) is 0.912. The number of carbonyl (C=O) groups excluding carboxylic acids is 1. The molecule has 1 aromatic heterocycles. The van der Waals surface area contributed by atoms with Crippen LogP contribution in [0, 0.1) is 5.92 Å². The largest absolute Gasteiger partial charge is 0.494 e. The van der Waals surface area contributed by atoms with Gasteiger partial charge in [0.1, 0.15) is 5.75 Å². The number of aromatic nitrogens is 1. The van der Waals surface area contributed by atoms with Crippen molar-refractivity contribution >= 4 is 32.6 Å². The summed E-state index contributed by atoms with van der Waals surface area (Å²) in [6.45, 7) is 2.60. The molecule has 0 bridgehead atoms. The number of benzene rings is 2. The first-order valence-corrected chi connectivity index (χ1v) is 8.95. The van der Waals surface area contributed by atoms with E-state index in [4.69, 9.17) is 4.74 Å². The van der Waals surface area contributed by atoms with Gasteiger partial charge in [0, 0.05) is 5.92 Å². The lowest BCUT2D eigenvalue weighted by Gasteiger charge is -2.01. The molecule has 0 saturated heterocycles. The Morgan fingerprint density at radius 2 is 2.12 bits per heavy atom. The summed E-state index contributed by atoms with van der Waals surface area (Å²) in [5, 5.41) is 3.63. The molecule has 1 aliphatic rings. The minimum atomic E-state index is 0.0541. The van der Waals surface area contributed by atoms with Crippen LogP contribution in [0.25, 0.3) is 10.2 Å². The Labute approximate surface area is 144 Å². The van der Waals surface area contributed by atoms with Gasteiger partial charge in [0.25, 0.3) is 0 Å². The molecule has 1 amide bonds. The fourth-order valence-corrected chi connectivity index (χ4v) is 3.86. The van der Waals surface area contributed by atoms with Gasteiger partial charge in [0.05, 0.1) is 16.8 Å². The molecular formula is C19H18N2O2S. The van der Waals surface area contributed by atoms with E-state index in [-0.39, 0.29) is 11.8 Å². The van der Waals surface area contributed by atoms with Crippen LogP contribution >= 0.6 is 11.3 Å². The fourth-order valence-electron chi connectivity index (χ4n) is 2.97. The number of ether oxygens (including phenoxy) is 1. The molecule has 1 fully saturated rings. The van der Waals surface area contributed by atoms with Crippen molar-refractivity contribution in [2.24, 2.45) is 5.92 Å². The standard InChI is InChI=1S/C19H18N2O2S/c1-2-23-13-8-9-16-17(10-13)24-19(20-16)21-18(22)15-11-14(15)12-6-4-3-5-7-12/h3-10,14-15H,2,11H2,1H3,(H,20,21,22)/t14-,15+/m1/s1. The highest BCUT2D eigenvalue weighted by Gasteiger charge is 2.44. The Morgan fingerprint density at radius 1 is 1.29 bits per heavy atom. The van der Waals surface area contributed by atoms with Crippen LogP contribution in [0.2, 0.25) is 0 Å². The van der Waals surface area contributed by atoms with Crippen molar-refractivity contribution in [3.8, 4) is 5.75 Å². The van der Waals surface area contributed by atoms with Crippen molar-refractivity contribution in [3.05, 3.63) is 54.1 Å². The van der Waals surface area contributed by atoms with E-state index >= 15 is 0 Å². The molecular weight excluding hydrogens is 320 g/mol. The average Bonchev–Trinajstić information content (AvgIpc) is 3.30. The second-order valence-corrected chi connectivity index (χ2v) is 6.96. The van der Waals surface area contributed by atoms with E-state index in [1.54, 1.807) is 0 Å². The molecule has 24 heavy (non-hydrogen) atoms. The first kappa shape index (κ1) is 15.1. The Balaban J connectivity index is 1.45. The van der Waals surface area contributed by atoms with Crippen LogP contribution in [0.15, 0.2) is 48.5 Å². The van der Waals surface area contributed by atoms with Gasteiger partial charge < -0.3 is 10.1 Å². The number of thiazole rings is 1. The van der Waals surface area contributed by atoms with Crippen LogP contribution in [0.3, 0.4) is 0 Å². The van der Waals surface area contributed by atoms with Crippen molar-refractivity contribution in [3.63, 3.8) is 0 Å². The van der Waals surface area contributed by atoms with E-state index < -0.39 is 0 Å². The van der Waals surface area contributed by atoms with E-state index in [1.807, 2.05) is 43.3 Å². The summed E-state index contributed by atoms with van der Waals surface area (Å²) in [4.78, 5) is 16.9. The normalized spacial score (nSPS) is 19.2. The molecule has 0 unspecified atom stereocenters. The summed E-state index contributed by atoms with van der Waals surface area (Å²) in [5.74, 6) is 1.29. The lowest BCUT2D eigenvalue weighted by atomic mass is 10.1. The number of amides is 1. The fraction of sp³-hybridized carbons (Fsp3) is 0.263. The van der Waals surface area contributed by atoms with Crippen molar-refractivity contribution in [1.82, 2.24) is 4.98 Å². The van der Waals surface area contributed by atoms with E-state index in [0.29, 0.717) is 17.7 Å². The number of hydrogen-bond donors (Lipinski definition) is 1. The Bertz CT molecular complexity index is 875. The molecule has 0 spiro atoms. The molecule has 1 aliphatic carbocycles. The summed E-state index contributed by atoms with van der Waals surface area (Å²) < 4.78 is 6.53. The van der Waals surface area contributed by atoms with E-state index in [0.717, 1.165) is 22.4 Å². The highest BCUT2D eigenvalue weighted by atomic mass is 32.1. The molecule has 4 nitrogen and oxygen atoms in total. The van der Waals surface area contributed by atoms with Gasteiger partial charge in [-0.3, -0.25) is 4.79 Å². The first-order chi connectivity index (χ1) is 11.7. The number of nitrogens with zero attached hydrogens (tertiary/aromatic N) is 1. The first-order valence-electron chi connectivity index (χ1n) is 8.14. The van der Waals surface area contributed by atoms with E-state index in [1.165, 1.54) is 16.9 Å². The van der Waals surface area contributed by atoms with Gasteiger partial charge in [-0.2, -0.15) is 0 Å². The minimum absolute atomic E-state index is 0.0541. The van der Waals surface area contributed by atoms with Gasteiger partial charge in [-0.1, -0.05) is 41.7 Å². The summed E-state index contributed by atoms with van der Waals surface area (Å²) in [6, 6.07) is 16.0. The second kappa shape index (κ2) is 6.24. The average molecular weight is 338 g/mol. The van der Waals surface area contributed by atoms with Crippen LogP contribution in [0.4, 0.5) is 5.13 Å². The zero-order valence-electron chi connectivity index (χ0n) is 13.4. The van der Waals surface area contributed by atoms with Gasteiger partial charge >= 0.3 is 0 Å². The van der Waals surface area contributed by atoms with Crippen molar-refractivity contribution < 1.29 is 9.53 Å². The lowest BCUT2D eigenvalue weighted by Crippen LogP contribution is -2.14. The number of carbonyl (C=O) groups is 1. The molecule has 122 valence electrons. The van der Waals surface area contributed by atoms with Crippen molar-refractivity contribution in [2.45, 2.75) is 19.3 Å². The molecule has 1 heterocycles. The number of fused-ring (bicyclic) bond motifs is 1. The summed E-state index contributed by atoms with van der Waals surface area (Å²) in [5.41, 5.74) is 2.12. The quantitative estimate of drug-likeness (QED) is 0.748. The maximum absolute atomic E-state index is 12.4. The van der Waals surface area contributed by atoms with Gasteiger partial charge in [-0.25, -0.2) is 4.98 Å². The Morgan fingerprint density at radius 3 is 2.92 bits per heavy atom. The molecule has 3 aromatic rings. The van der Waals surface area contributed by atoms with E-state index in [2.05, 4.69) is 22.4 Å².